The second-order valence-corrected chi connectivity index (χ2v) is 12.4. The summed E-state index contributed by atoms with van der Waals surface area (Å²) in [6.45, 7) is 15.9. The second kappa shape index (κ2) is 21.9. The van der Waals surface area contributed by atoms with Crippen LogP contribution in [-0.2, 0) is 38.0 Å². The Hall–Kier alpha value is -1.79. The normalized spacial score (nSPS) is 19.2. The smallest absolute Gasteiger partial charge is 0.409 e. The molecule has 262 valence electrons. The summed E-state index contributed by atoms with van der Waals surface area (Å²) in [5, 5.41) is 0. The van der Waals surface area contributed by atoms with Crippen LogP contribution in [0.4, 0.5) is 4.79 Å². The largest absolute Gasteiger partial charge is 0.447 e. The van der Waals surface area contributed by atoms with Crippen LogP contribution in [0.25, 0.3) is 0 Å². The molecule has 2 heterocycles. The summed E-state index contributed by atoms with van der Waals surface area (Å²) in [6, 6.07) is 0. The fraction of sp³-hybridized carbons (Fsp3) is 0.912. The lowest BCUT2D eigenvalue weighted by molar-refractivity contribution is -0.255. The molecule has 0 aromatic heterocycles. The van der Waals surface area contributed by atoms with E-state index < -0.39 is 30.0 Å². The number of imide groups is 1. The molecule has 2 aliphatic heterocycles. The van der Waals surface area contributed by atoms with Gasteiger partial charge in [-0.3, -0.25) is 14.5 Å². The first kappa shape index (κ1) is 39.4. The number of piperidine rings is 1. The van der Waals surface area contributed by atoms with Gasteiger partial charge in [-0.05, 0) is 52.4 Å². The van der Waals surface area contributed by atoms with Crippen molar-refractivity contribution in [2.75, 3.05) is 59.3 Å². The van der Waals surface area contributed by atoms with Crippen molar-refractivity contribution in [3.05, 3.63) is 0 Å². The van der Waals surface area contributed by atoms with Crippen molar-refractivity contribution >= 4 is 17.9 Å². The predicted octanol–water partition coefficient (Wildman–Crippen LogP) is 5.72. The zero-order valence-corrected chi connectivity index (χ0v) is 29.0. The van der Waals surface area contributed by atoms with E-state index in [0.717, 1.165) is 51.4 Å². The third kappa shape index (κ3) is 12.7. The molecule has 4 atom stereocenters. The number of likely N-dealkylation sites (tertiary alicyclic amines) is 2. The molecule has 0 bridgehead atoms. The van der Waals surface area contributed by atoms with Crippen LogP contribution >= 0.6 is 0 Å². The zero-order chi connectivity index (χ0) is 33.1. The number of hydrogen-bond donors (Lipinski definition) is 0. The molecule has 2 aliphatic rings. The highest BCUT2D eigenvalue weighted by atomic mass is 16.7. The Balaban J connectivity index is 2.11. The molecule has 0 saturated carbocycles. The Morgan fingerprint density at radius 2 is 1.36 bits per heavy atom. The molecule has 0 aromatic rings. The Morgan fingerprint density at radius 3 is 1.93 bits per heavy atom. The third-order valence-corrected chi connectivity index (χ3v) is 8.70. The summed E-state index contributed by atoms with van der Waals surface area (Å²) in [5.41, 5.74) is -0.702. The Kier molecular flexibility index (Phi) is 19.2. The molecule has 2 saturated heterocycles. The molecule has 0 radical (unpaired) electrons. The highest BCUT2D eigenvalue weighted by Crippen LogP contribution is 2.42. The highest BCUT2D eigenvalue weighted by Gasteiger charge is 2.52. The molecular formula is C34H62N2O9. The zero-order valence-electron chi connectivity index (χ0n) is 29.0. The van der Waals surface area contributed by atoms with E-state index in [9.17, 15) is 14.4 Å². The topological polar surface area (TPSA) is 113 Å². The first-order chi connectivity index (χ1) is 21.8. The molecule has 11 nitrogen and oxygen atoms in total. The maximum absolute atomic E-state index is 13.2. The van der Waals surface area contributed by atoms with Crippen LogP contribution in [0.3, 0.4) is 0 Å². The number of hydrogen-bond acceptors (Lipinski definition) is 9. The van der Waals surface area contributed by atoms with Crippen LogP contribution in [-0.4, -0.2) is 112 Å². The first-order valence-corrected chi connectivity index (χ1v) is 17.6. The summed E-state index contributed by atoms with van der Waals surface area (Å²) in [5.74, 6) is -0.239. The van der Waals surface area contributed by atoms with Gasteiger partial charge in [0, 0.05) is 52.5 Å². The van der Waals surface area contributed by atoms with Gasteiger partial charge >= 0.3 is 6.09 Å². The first-order valence-electron chi connectivity index (χ1n) is 17.6. The summed E-state index contributed by atoms with van der Waals surface area (Å²) < 4.78 is 37.0. The lowest BCUT2D eigenvalue weighted by atomic mass is 9.77. The van der Waals surface area contributed by atoms with Gasteiger partial charge in [-0.2, -0.15) is 0 Å². The Bertz CT molecular complexity index is 850. The van der Waals surface area contributed by atoms with Crippen LogP contribution in [0.2, 0.25) is 0 Å². The van der Waals surface area contributed by atoms with Crippen molar-refractivity contribution in [2.45, 2.75) is 137 Å². The second-order valence-electron chi connectivity index (χ2n) is 12.4. The van der Waals surface area contributed by atoms with E-state index in [1.165, 1.54) is 4.90 Å². The monoisotopic (exact) mass is 642 g/mol. The average molecular weight is 643 g/mol. The summed E-state index contributed by atoms with van der Waals surface area (Å²) >= 11 is 0. The number of rotatable bonds is 24. The van der Waals surface area contributed by atoms with E-state index in [2.05, 4.69) is 27.7 Å². The van der Waals surface area contributed by atoms with Gasteiger partial charge in [-0.1, -0.05) is 53.4 Å². The molecule has 11 heteroatoms. The molecule has 0 N–H and O–H groups in total. The molecule has 45 heavy (non-hydrogen) atoms. The van der Waals surface area contributed by atoms with Gasteiger partial charge in [0.05, 0.1) is 18.1 Å². The molecule has 1 spiro atoms. The van der Waals surface area contributed by atoms with Crippen molar-refractivity contribution in [3.8, 4) is 0 Å². The van der Waals surface area contributed by atoms with Gasteiger partial charge in [0.2, 0.25) is 11.8 Å². The molecule has 2 rings (SSSR count). The summed E-state index contributed by atoms with van der Waals surface area (Å²) in [4.78, 5) is 41.5. The lowest BCUT2D eigenvalue weighted by Gasteiger charge is -2.37. The molecule has 0 aromatic carbocycles. The number of nitrogens with zero attached hydrogens (tertiary/aromatic N) is 2. The number of carbonyl (C=O) groups is 3. The van der Waals surface area contributed by atoms with Crippen LogP contribution in [0.5, 0.6) is 0 Å². The quantitative estimate of drug-likeness (QED) is 0.0741. The predicted molar refractivity (Wildman–Crippen MR) is 172 cm³/mol. The van der Waals surface area contributed by atoms with E-state index in [4.69, 9.17) is 28.4 Å². The van der Waals surface area contributed by atoms with Gasteiger partial charge in [0.15, 0.2) is 6.29 Å². The SMILES string of the molecule is CCCCOC[C@H](OCCCC)[C@H](OCCCC)OC(COC(=O)N1CCC2(CC1)CC(=O)N(CC)C2=O)[C@H](C)OCCCC. The van der Waals surface area contributed by atoms with E-state index in [1.807, 2.05) is 13.8 Å². The van der Waals surface area contributed by atoms with E-state index in [0.29, 0.717) is 65.5 Å². The van der Waals surface area contributed by atoms with Gasteiger partial charge < -0.3 is 33.3 Å². The average Bonchev–Trinajstić information content (AvgIpc) is 3.27. The molecule has 2 fully saturated rings. The van der Waals surface area contributed by atoms with Crippen molar-refractivity contribution in [1.29, 1.82) is 0 Å². The minimum atomic E-state index is -0.724. The fourth-order valence-corrected chi connectivity index (χ4v) is 5.52. The minimum Gasteiger partial charge on any atom is -0.447 e. The van der Waals surface area contributed by atoms with Gasteiger partial charge in [-0.15, -0.1) is 0 Å². The van der Waals surface area contributed by atoms with Crippen molar-refractivity contribution in [1.82, 2.24) is 9.80 Å². The molecular weight excluding hydrogens is 580 g/mol. The van der Waals surface area contributed by atoms with Crippen molar-refractivity contribution in [2.24, 2.45) is 5.41 Å². The minimum absolute atomic E-state index is 0.0270. The number of unbranched alkanes of at least 4 members (excludes halogenated alkanes) is 4. The van der Waals surface area contributed by atoms with E-state index >= 15 is 0 Å². The Morgan fingerprint density at radius 1 is 0.778 bits per heavy atom. The van der Waals surface area contributed by atoms with Crippen LogP contribution in [0.1, 0.15) is 112 Å². The van der Waals surface area contributed by atoms with Gasteiger partial charge in [-0.25, -0.2) is 4.79 Å². The molecule has 0 aliphatic carbocycles. The maximum Gasteiger partial charge on any atom is 0.409 e. The Labute approximate surface area is 271 Å². The standard InChI is InChI=1S/C34H62N2O9/c1-7-12-20-40-25-29(42-22-14-9-3)31(43-23-15-10-4)45-28(27(6)41-21-13-8-2)26-44-33(39)35-18-16-34(17-19-35)24-30(37)36(11-5)32(34)38/h27-29,31H,7-26H2,1-6H3/t27-,28?,29-,31+/m0/s1. The van der Waals surface area contributed by atoms with Gasteiger partial charge in [0.1, 0.15) is 18.8 Å². The van der Waals surface area contributed by atoms with Crippen molar-refractivity contribution in [3.63, 3.8) is 0 Å². The van der Waals surface area contributed by atoms with Crippen LogP contribution < -0.4 is 0 Å². The van der Waals surface area contributed by atoms with E-state index in [1.54, 1.807) is 4.90 Å². The van der Waals surface area contributed by atoms with E-state index in [-0.39, 0.29) is 30.9 Å². The van der Waals surface area contributed by atoms with Crippen LogP contribution in [0, 0.1) is 5.41 Å². The lowest BCUT2D eigenvalue weighted by Crippen LogP contribution is -2.48. The van der Waals surface area contributed by atoms with Crippen LogP contribution in [0.15, 0.2) is 0 Å². The summed E-state index contributed by atoms with van der Waals surface area (Å²) in [7, 11) is 0. The highest BCUT2D eigenvalue weighted by molar-refractivity contribution is 6.06. The number of amides is 3. The van der Waals surface area contributed by atoms with Gasteiger partial charge in [0.25, 0.3) is 0 Å². The third-order valence-electron chi connectivity index (χ3n) is 8.70. The molecule has 3 amide bonds. The fourth-order valence-electron chi connectivity index (χ4n) is 5.52. The maximum atomic E-state index is 13.2. The number of ether oxygens (including phenoxy) is 6. The molecule has 1 unspecified atom stereocenters. The number of carbonyl (C=O) groups excluding carboxylic acids is 3. The van der Waals surface area contributed by atoms with Crippen molar-refractivity contribution < 1.29 is 42.8 Å². The summed E-state index contributed by atoms with van der Waals surface area (Å²) in [6.07, 6.45) is 6.18.